The highest BCUT2D eigenvalue weighted by Crippen LogP contribution is 2.24. The van der Waals surface area contributed by atoms with Gasteiger partial charge in [0, 0.05) is 23.2 Å². The molecule has 0 spiro atoms. The van der Waals surface area contributed by atoms with Crippen LogP contribution in [0.15, 0.2) is 82.4 Å². The van der Waals surface area contributed by atoms with Gasteiger partial charge in [0.05, 0.1) is 11.8 Å². The monoisotopic (exact) mass is 479 g/mol. The van der Waals surface area contributed by atoms with Crippen LogP contribution in [0.1, 0.15) is 35.3 Å². The summed E-state index contributed by atoms with van der Waals surface area (Å²) in [5.74, 6) is 0.170. The summed E-state index contributed by atoms with van der Waals surface area (Å²) in [6.07, 6.45) is 1.63. The number of halogens is 1. The normalized spacial score (nSPS) is 10.8. The maximum atomic E-state index is 12.7. The molecule has 0 bridgehead atoms. The fourth-order valence-corrected chi connectivity index (χ4v) is 3.49. The molecule has 0 fully saturated rings. The minimum Gasteiger partial charge on any atom is -0.488 e. The molecule has 0 atom stereocenters. The van der Waals surface area contributed by atoms with Gasteiger partial charge in [-0.1, -0.05) is 58.4 Å². The summed E-state index contributed by atoms with van der Waals surface area (Å²) >= 11 is 3.42. The van der Waals surface area contributed by atoms with E-state index in [1.54, 1.807) is 18.3 Å². The van der Waals surface area contributed by atoms with Crippen LogP contribution in [0, 0.1) is 0 Å². The van der Waals surface area contributed by atoms with Gasteiger partial charge >= 0.3 is 0 Å². The van der Waals surface area contributed by atoms with Crippen molar-refractivity contribution in [2.75, 3.05) is 18.0 Å². The maximum absolute atomic E-state index is 12.7. The molecular formula is C25H26BrN3O2. The van der Waals surface area contributed by atoms with E-state index in [2.05, 4.69) is 57.3 Å². The van der Waals surface area contributed by atoms with Crippen molar-refractivity contribution in [1.82, 2.24) is 5.43 Å². The number of carbonyl (C=O) groups is 1. The summed E-state index contributed by atoms with van der Waals surface area (Å²) in [6.45, 7) is 6.57. The molecule has 1 amide bonds. The topological polar surface area (TPSA) is 53.9 Å². The number of hydrogen-bond acceptors (Lipinski definition) is 4. The van der Waals surface area contributed by atoms with Crippen LogP contribution in [0.2, 0.25) is 0 Å². The molecule has 1 N–H and O–H groups in total. The first-order valence-corrected chi connectivity index (χ1v) is 11.0. The van der Waals surface area contributed by atoms with Crippen LogP contribution in [-0.4, -0.2) is 25.2 Å². The molecule has 3 rings (SSSR count). The van der Waals surface area contributed by atoms with E-state index in [1.807, 2.05) is 48.5 Å². The Morgan fingerprint density at radius 2 is 1.74 bits per heavy atom. The van der Waals surface area contributed by atoms with Gasteiger partial charge in [-0.2, -0.15) is 5.10 Å². The largest absolute Gasteiger partial charge is 0.488 e. The quantitative estimate of drug-likeness (QED) is 0.319. The second kappa shape index (κ2) is 11.3. The minimum absolute atomic E-state index is 0.333. The lowest BCUT2D eigenvalue weighted by Crippen LogP contribution is -2.21. The third kappa shape index (κ3) is 6.43. The zero-order valence-corrected chi connectivity index (χ0v) is 19.3. The van der Waals surface area contributed by atoms with Crippen molar-refractivity contribution >= 4 is 33.7 Å². The molecule has 3 aromatic carbocycles. The van der Waals surface area contributed by atoms with Gasteiger partial charge in [-0.15, -0.1) is 0 Å². The predicted octanol–water partition coefficient (Wildman–Crippen LogP) is 5.64. The van der Waals surface area contributed by atoms with Crippen LogP contribution in [0.4, 0.5) is 5.69 Å². The molecule has 3 aromatic rings. The van der Waals surface area contributed by atoms with Crippen molar-refractivity contribution in [3.05, 3.63) is 94.0 Å². The second-order valence-electron chi connectivity index (χ2n) is 6.88. The minimum atomic E-state index is -0.333. The number of anilines is 1. The van der Waals surface area contributed by atoms with Crippen LogP contribution in [0.5, 0.6) is 5.75 Å². The summed E-state index contributed by atoms with van der Waals surface area (Å²) in [7, 11) is 0. The lowest BCUT2D eigenvalue weighted by Gasteiger charge is -2.20. The number of rotatable bonds is 9. The van der Waals surface area contributed by atoms with Gasteiger partial charge < -0.3 is 9.64 Å². The molecule has 0 aliphatic rings. The van der Waals surface area contributed by atoms with Crippen LogP contribution >= 0.6 is 15.9 Å². The fourth-order valence-electron chi connectivity index (χ4n) is 3.13. The van der Waals surface area contributed by atoms with Gasteiger partial charge in [-0.05, 0) is 55.3 Å². The van der Waals surface area contributed by atoms with E-state index in [0.717, 1.165) is 28.7 Å². The average Bonchev–Trinajstić information content (AvgIpc) is 2.80. The average molecular weight is 480 g/mol. The first-order chi connectivity index (χ1) is 15.1. The summed E-state index contributed by atoms with van der Waals surface area (Å²) in [5, 5.41) is 4.11. The third-order valence-electron chi connectivity index (χ3n) is 4.82. The van der Waals surface area contributed by atoms with Gasteiger partial charge in [0.25, 0.3) is 5.91 Å². The number of hydrazone groups is 1. The van der Waals surface area contributed by atoms with E-state index in [0.29, 0.717) is 17.9 Å². The highest BCUT2D eigenvalue weighted by molar-refractivity contribution is 9.10. The Morgan fingerprint density at radius 1 is 1.03 bits per heavy atom. The highest BCUT2D eigenvalue weighted by atomic mass is 79.9. The molecule has 0 saturated carbocycles. The van der Waals surface area contributed by atoms with E-state index < -0.39 is 0 Å². The van der Waals surface area contributed by atoms with E-state index in [9.17, 15) is 4.79 Å². The van der Waals surface area contributed by atoms with Gasteiger partial charge in [-0.3, -0.25) is 4.79 Å². The van der Waals surface area contributed by atoms with Gasteiger partial charge in [0.15, 0.2) is 0 Å². The van der Waals surface area contributed by atoms with E-state index >= 15 is 0 Å². The zero-order valence-electron chi connectivity index (χ0n) is 17.7. The van der Waals surface area contributed by atoms with Crippen molar-refractivity contribution in [3.8, 4) is 5.75 Å². The number of nitrogens with zero attached hydrogens (tertiary/aromatic N) is 2. The molecule has 0 aliphatic heterocycles. The first-order valence-electron chi connectivity index (χ1n) is 10.3. The number of hydrogen-bond donors (Lipinski definition) is 1. The summed E-state index contributed by atoms with van der Waals surface area (Å²) in [4.78, 5) is 15.0. The van der Waals surface area contributed by atoms with Gasteiger partial charge in [0.2, 0.25) is 0 Å². The van der Waals surface area contributed by atoms with E-state index in [-0.39, 0.29) is 5.91 Å². The molecule has 0 saturated heterocycles. The van der Waals surface area contributed by atoms with Crippen molar-refractivity contribution < 1.29 is 9.53 Å². The van der Waals surface area contributed by atoms with Gasteiger partial charge in [-0.25, -0.2) is 5.43 Å². The highest BCUT2D eigenvalue weighted by Gasteiger charge is 2.13. The van der Waals surface area contributed by atoms with Crippen LogP contribution < -0.4 is 15.1 Å². The Kier molecular flexibility index (Phi) is 8.24. The third-order valence-corrected chi connectivity index (χ3v) is 5.32. The van der Waals surface area contributed by atoms with Crippen LogP contribution in [-0.2, 0) is 6.61 Å². The van der Waals surface area contributed by atoms with Crippen molar-refractivity contribution in [2.45, 2.75) is 20.5 Å². The fraction of sp³-hybridized carbons (Fsp3) is 0.200. The number of nitrogens with one attached hydrogen (secondary N) is 1. The molecule has 160 valence electrons. The predicted molar refractivity (Wildman–Crippen MR) is 130 cm³/mol. The number of benzene rings is 3. The molecule has 5 nitrogen and oxygen atoms in total. The molecule has 31 heavy (non-hydrogen) atoms. The Labute approximate surface area is 191 Å². The Balaban J connectivity index is 1.65. The number of carbonyl (C=O) groups excluding carboxylic acids is 1. The first kappa shape index (κ1) is 22.6. The Morgan fingerprint density at radius 3 is 2.42 bits per heavy atom. The molecule has 6 heteroatoms. The van der Waals surface area contributed by atoms with Crippen molar-refractivity contribution in [3.63, 3.8) is 0 Å². The lowest BCUT2D eigenvalue weighted by atomic mass is 10.2. The van der Waals surface area contributed by atoms with Crippen LogP contribution in [0.25, 0.3) is 0 Å². The van der Waals surface area contributed by atoms with E-state index in [1.165, 1.54) is 5.69 Å². The van der Waals surface area contributed by atoms with Crippen LogP contribution in [0.3, 0.4) is 0 Å². The standard InChI is InChI=1S/C25H26BrN3O2/c1-3-29(4-2)22-13-10-19(11-14-22)17-27-28-25(30)23-16-21(26)12-15-24(23)31-18-20-8-6-5-7-9-20/h5-17H,3-4,18H2,1-2H3,(H,28,30)/b27-17-. The number of amides is 1. The summed E-state index contributed by atoms with van der Waals surface area (Å²) < 4.78 is 6.67. The molecule has 0 radical (unpaired) electrons. The molecule has 0 aliphatic carbocycles. The van der Waals surface area contributed by atoms with E-state index in [4.69, 9.17) is 4.74 Å². The smallest absolute Gasteiger partial charge is 0.275 e. The molecular weight excluding hydrogens is 454 g/mol. The SMILES string of the molecule is CCN(CC)c1ccc(/C=N\NC(=O)c2cc(Br)ccc2OCc2ccccc2)cc1. The summed E-state index contributed by atoms with van der Waals surface area (Å²) in [5.41, 5.74) is 6.11. The maximum Gasteiger partial charge on any atom is 0.275 e. The van der Waals surface area contributed by atoms with Crippen molar-refractivity contribution in [2.24, 2.45) is 5.10 Å². The molecule has 0 aromatic heterocycles. The summed E-state index contributed by atoms with van der Waals surface area (Å²) in [6, 6.07) is 23.3. The molecule has 0 unspecified atom stereocenters. The molecule has 0 heterocycles. The van der Waals surface area contributed by atoms with Crippen molar-refractivity contribution in [1.29, 1.82) is 0 Å². The Bertz CT molecular complexity index is 1020. The number of ether oxygens (including phenoxy) is 1. The second-order valence-corrected chi connectivity index (χ2v) is 7.79. The lowest BCUT2D eigenvalue weighted by molar-refractivity contribution is 0.0950. The van der Waals surface area contributed by atoms with Gasteiger partial charge in [0.1, 0.15) is 12.4 Å². The zero-order chi connectivity index (χ0) is 22.1. The Hall–Kier alpha value is -3.12.